The van der Waals surface area contributed by atoms with Crippen LogP contribution in [0.3, 0.4) is 0 Å². The molecular weight excluding hydrogens is 281 g/mol. The molecule has 0 aromatic heterocycles. The van der Waals surface area contributed by atoms with Gasteiger partial charge in [0.1, 0.15) is 0 Å². The summed E-state index contributed by atoms with van der Waals surface area (Å²) in [5.74, 6) is -1.73. The maximum absolute atomic E-state index is 12.3. The normalized spacial score (nSPS) is 17.4. The average Bonchev–Trinajstić information content (AvgIpc) is 2.47. The highest BCUT2D eigenvalue weighted by atomic mass is 19.4. The smallest absolute Gasteiger partial charge is 0.332 e. The second kappa shape index (κ2) is 6.76. The number of amides is 1. The number of benzene rings is 1. The highest BCUT2D eigenvalue weighted by Gasteiger charge is 2.42. The van der Waals surface area contributed by atoms with Crippen LogP contribution in [0.1, 0.15) is 5.56 Å². The molecule has 6 heteroatoms. The quantitative estimate of drug-likeness (QED) is 0.855. The van der Waals surface area contributed by atoms with Crippen molar-refractivity contribution in [3.05, 3.63) is 42.0 Å². The summed E-state index contributed by atoms with van der Waals surface area (Å²) in [5, 5.41) is 0. The van der Waals surface area contributed by atoms with E-state index < -0.39 is 12.1 Å². The van der Waals surface area contributed by atoms with E-state index in [-0.39, 0.29) is 13.1 Å². The maximum atomic E-state index is 12.3. The standard InChI is InChI=1S/C15H17F3N2O/c16-15(17,18)14(21)20-11-9-19(10-12-20)8-4-7-13-5-2-1-3-6-13/h1-7H,8-12H2/b7-4+. The average molecular weight is 298 g/mol. The van der Waals surface area contributed by atoms with Gasteiger partial charge in [0.05, 0.1) is 0 Å². The summed E-state index contributed by atoms with van der Waals surface area (Å²) in [6.07, 6.45) is -0.806. The van der Waals surface area contributed by atoms with Crippen LogP contribution in [0.2, 0.25) is 0 Å². The van der Waals surface area contributed by atoms with Crippen molar-refractivity contribution in [2.24, 2.45) is 0 Å². The van der Waals surface area contributed by atoms with Crippen molar-refractivity contribution in [3.63, 3.8) is 0 Å². The van der Waals surface area contributed by atoms with Gasteiger partial charge in [0.15, 0.2) is 0 Å². The van der Waals surface area contributed by atoms with Crippen molar-refractivity contribution in [2.75, 3.05) is 32.7 Å². The molecular formula is C15H17F3N2O. The summed E-state index contributed by atoms with van der Waals surface area (Å²) in [7, 11) is 0. The van der Waals surface area contributed by atoms with E-state index in [1.165, 1.54) is 0 Å². The van der Waals surface area contributed by atoms with Crippen LogP contribution in [0.25, 0.3) is 6.08 Å². The van der Waals surface area contributed by atoms with Crippen LogP contribution in [0.15, 0.2) is 36.4 Å². The van der Waals surface area contributed by atoms with E-state index in [9.17, 15) is 18.0 Å². The van der Waals surface area contributed by atoms with Crippen LogP contribution in [0.5, 0.6) is 0 Å². The van der Waals surface area contributed by atoms with Crippen LogP contribution in [-0.2, 0) is 4.79 Å². The van der Waals surface area contributed by atoms with Gasteiger partial charge in [-0.15, -0.1) is 0 Å². The zero-order valence-corrected chi connectivity index (χ0v) is 11.5. The van der Waals surface area contributed by atoms with Gasteiger partial charge < -0.3 is 4.90 Å². The fourth-order valence-corrected chi connectivity index (χ4v) is 2.21. The zero-order valence-electron chi connectivity index (χ0n) is 11.5. The molecule has 0 N–H and O–H groups in total. The molecule has 21 heavy (non-hydrogen) atoms. The Morgan fingerprint density at radius 1 is 1.10 bits per heavy atom. The van der Waals surface area contributed by atoms with Crippen molar-refractivity contribution in [1.82, 2.24) is 9.80 Å². The molecule has 0 bridgehead atoms. The second-order valence-corrected chi connectivity index (χ2v) is 4.90. The predicted molar refractivity (Wildman–Crippen MR) is 74.6 cm³/mol. The molecule has 1 fully saturated rings. The van der Waals surface area contributed by atoms with E-state index in [0.717, 1.165) is 10.5 Å². The molecule has 0 radical (unpaired) electrons. The molecule has 1 aromatic rings. The third-order valence-electron chi connectivity index (χ3n) is 3.38. The number of carbonyl (C=O) groups is 1. The monoisotopic (exact) mass is 298 g/mol. The minimum absolute atomic E-state index is 0.123. The molecule has 0 aliphatic carbocycles. The van der Waals surface area contributed by atoms with Gasteiger partial charge in [-0.25, -0.2) is 0 Å². The van der Waals surface area contributed by atoms with Crippen molar-refractivity contribution in [3.8, 4) is 0 Å². The van der Waals surface area contributed by atoms with Gasteiger partial charge in [0, 0.05) is 32.7 Å². The first-order valence-electron chi connectivity index (χ1n) is 6.77. The minimum atomic E-state index is -4.77. The molecule has 2 rings (SSSR count). The molecule has 114 valence electrons. The maximum Gasteiger partial charge on any atom is 0.471 e. The van der Waals surface area contributed by atoms with Crippen molar-refractivity contribution < 1.29 is 18.0 Å². The lowest BCUT2D eigenvalue weighted by Crippen LogP contribution is -2.52. The predicted octanol–water partition coefficient (Wildman–Crippen LogP) is 2.41. The molecule has 0 spiro atoms. The highest BCUT2D eigenvalue weighted by Crippen LogP contribution is 2.19. The topological polar surface area (TPSA) is 23.6 Å². The number of halogens is 3. The van der Waals surface area contributed by atoms with E-state index in [1.54, 1.807) is 0 Å². The Morgan fingerprint density at radius 3 is 2.29 bits per heavy atom. The number of alkyl halides is 3. The van der Waals surface area contributed by atoms with Gasteiger partial charge in [-0.2, -0.15) is 13.2 Å². The Balaban J connectivity index is 1.77. The largest absolute Gasteiger partial charge is 0.471 e. The number of rotatable bonds is 3. The number of hydrogen-bond donors (Lipinski definition) is 0. The van der Waals surface area contributed by atoms with E-state index in [1.807, 2.05) is 47.4 Å². The lowest BCUT2D eigenvalue weighted by Gasteiger charge is -2.34. The minimum Gasteiger partial charge on any atom is -0.332 e. The lowest BCUT2D eigenvalue weighted by atomic mass is 10.2. The van der Waals surface area contributed by atoms with Crippen molar-refractivity contribution in [1.29, 1.82) is 0 Å². The summed E-state index contributed by atoms with van der Waals surface area (Å²) in [6.45, 7) is 1.83. The number of piperazine rings is 1. The van der Waals surface area contributed by atoms with E-state index in [0.29, 0.717) is 19.6 Å². The van der Waals surface area contributed by atoms with E-state index in [2.05, 4.69) is 0 Å². The highest BCUT2D eigenvalue weighted by molar-refractivity contribution is 5.81. The van der Waals surface area contributed by atoms with Gasteiger partial charge in [0.2, 0.25) is 0 Å². The molecule has 1 heterocycles. The molecule has 0 saturated carbocycles. The van der Waals surface area contributed by atoms with Gasteiger partial charge in [-0.05, 0) is 5.56 Å². The van der Waals surface area contributed by atoms with E-state index in [4.69, 9.17) is 0 Å². The molecule has 1 aliphatic rings. The number of hydrogen-bond acceptors (Lipinski definition) is 2. The molecule has 1 aliphatic heterocycles. The second-order valence-electron chi connectivity index (χ2n) is 4.90. The first-order chi connectivity index (χ1) is 9.97. The van der Waals surface area contributed by atoms with Crippen LogP contribution >= 0.6 is 0 Å². The molecule has 1 saturated heterocycles. The Bertz CT molecular complexity index is 491. The molecule has 1 aromatic carbocycles. The molecule has 0 atom stereocenters. The Hall–Kier alpha value is -1.82. The summed E-state index contributed by atoms with van der Waals surface area (Å²) < 4.78 is 36.9. The van der Waals surface area contributed by atoms with Gasteiger partial charge >= 0.3 is 12.1 Å². The fourth-order valence-electron chi connectivity index (χ4n) is 2.21. The summed E-state index contributed by atoms with van der Waals surface area (Å²) in [4.78, 5) is 14.0. The Labute approximate surface area is 121 Å². The summed E-state index contributed by atoms with van der Waals surface area (Å²) in [5.41, 5.74) is 1.09. The summed E-state index contributed by atoms with van der Waals surface area (Å²) >= 11 is 0. The Kier molecular flexibility index (Phi) is 5.01. The van der Waals surface area contributed by atoms with Crippen LogP contribution in [0, 0.1) is 0 Å². The van der Waals surface area contributed by atoms with Gasteiger partial charge in [0.25, 0.3) is 0 Å². The zero-order chi connectivity index (χ0) is 15.3. The van der Waals surface area contributed by atoms with Crippen LogP contribution < -0.4 is 0 Å². The fraction of sp³-hybridized carbons (Fsp3) is 0.400. The third kappa shape index (κ3) is 4.60. The molecule has 0 unspecified atom stereocenters. The number of nitrogens with zero attached hydrogens (tertiary/aromatic N) is 2. The third-order valence-corrected chi connectivity index (χ3v) is 3.38. The first-order valence-corrected chi connectivity index (χ1v) is 6.77. The lowest BCUT2D eigenvalue weighted by molar-refractivity contribution is -0.186. The first kappa shape index (κ1) is 15.6. The van der Waals surface area contributed by atoms with Gasteiger partial charge in [-0.3, -0.25) is 9.69 Å². The molecule has 3 nitrogen and oxygen atoms in total. The van der Waals surface area contributed by atoms with Crippen LogP contribution in [-0.4, -0.2) is 54.6 Å². The van der Waals surface area contributed by atoms with Crippen molar-refractivity contribution in [2.45, 2.75) is 6.18 Å². The van der Waals surface area contributed by atoms with E-state index >= 15 is 0 Å². The Morgan fingerprint density at radius 2 is 1.71 bits per heavy atom. The van der Waals surface area contributed by atoms with Crippen LogP contribution in [0.4, 0.5) is 13.2 Å². The molecule has 1 amide bonds. The number of carbonyl (C=O) groups excluding carboxylic acids is 1. The summed E-state index contributed by atoms with van der Waals surface area (Å²) in [6, 6.07) is 9.80. The van der Waals surface area contributed by atoms with Gasteiger partial charge in [-0.1, -0.05) is 42.5 Å². The van der Waals surface area contributed by atoms with Crippen molar-refractivity contribution >= 4 is 12.0 Å². The SMILES string of the molecule is O=C(N1CCN(C/C=C/c2ccccc2)CC1)C(F)(F)F.